The van der Waals surface area contributed by atoms with Crippen molar-refractivity contribution in [1.29, 1.82) is 0 Å². The van der Waals surface area contributed by atoms with Gasteiger partial charge in [0.25, 0.3) is 0 Å². The Hall–Kier alpha value is -2.76. The van der Waals surface area contributed by atoms with E-state index in [1.807, 2.05) is 12.4 Å². The summed E-state index contributed by atoms with van der Waals surface area (Å²) in [6.07, 6.45) is 12.5. The van der Waals surface area contributed by atoms with E-state index in [1.165, 1.54) is 37.7 Å². The van der Waals surface area contributed by atoms with Crippen LogP contribution in [0.4, 0.5) is 0 Å². The maximum Gasteiger partial charge on any atom is 0.221 e. The third-order valence-electron chi connectivity index (χ3n) is 6.13. The van der Waals surface area contributed by atoms with Crippen LogP contribution in [0.15, 0.2) is 30.7 Å². The summed E-state index contributed by atoms with van der Waals surface area (Å²) in [7, 11) is 0. The van der Waals surface area contributed by atoms with Crippen LogP contribution in [0.5, 0.6) is 0 Å². The normalized spacial score (nSPS) is 20.6. The van der Waals surface area contributed by atoms with Gasteiger partial charge < -0.3 is 9.72 Å². The van der Waals surface area contributed by atoms with Gasteiger partial charge >= 0.3 is 0 Å². The molecule has 0 aromatic carbocycles. The molecule has 0 saturated heterocycles. The molecule has 1 amide bonds. The van der Waals surface area contributed by atoms with Gasteiger partial charge in [0.1, 0.15) is 11.5 Å². The summed E-state index contributed by atoms with van der Waals surface area (Å²) in [5.74, 6) is 1.39. The van der Waals surface area contributed by atoms with Gasteiger partial charge in [0, 0.05) is 36.8 Å². The molecule has 1 saturated carbocycles. The van der Waals surface area contributed by atoms with E-state index in [4.69, 9.17) is 15.0 Å². The summed E-state index contributed by atoms with van der Waals surface area (Å²) >= 11 is 0. The Bertz CT molecular complexity index is 1020. The first-order valence-electron chi connectivity index (χ1n) is 10.2. The SMILES string of the molecule is Cc1ccn2c3c(nc2c1)CNC(=O)CC3c1cnc(C2CCCCC2)nc1. The van der Waals surface area contributed by atoms with E-state index in [0.717, 1.165) is 28.4 Å². The van der Waals surface area contributed by atoms with Crippen molar-refractivity contribution in [2.45, 2.75) is 63.8 Å². The Morgan fingerprint density at radius 3 is 2.71 bits per heavy atom. The Balaban J connectivity index is 1.55. The number of carbonyl (C=O) groups excluding carboxylic acids is 1. The third-order valence-corrected chi connectivity index (χ3v) is 6.13. The predicted molar refractivity (Wildman–Crippen MR) is 106 cm³/mol. The molecule has 0 bridgehead atoms. The van der Waals surface area contributed by atoms with E-state index in [-0.39, 0.29) is 11.8 Å². The van der Waals surface area contributed by atoms with E-state index in [1.54, 1.807) is 0 Å². The Morgan fingerprint density at radius 1 is 1.14 bits per heavy atom. The summed E-state index contributed by atoms with van der Waals surface area (Å²) in [5, 5.41) is 2.98. The van der Waals surface area contributed by atoms with Crippen molar-refractivity contribution in [3.05, 3.63) is 59.1 Å². The molecule has 1 N–H and O–H groups in total. The molecular weight excluding hydrogens is 350 g/mol. The van der Waals surface area contributed by atoms with Gasteiger partial charge in [-0.25, -0.2) is 15.0 Å². The molecule has 0 spiro atoms. The van der Waals surface area contributed by atoms with Crippen molar-refractivity contribution in [2.24, 2.45) is 0 Å². The van der Waals surface area contributed by atoms with Gasteiger partial charge in [-0.1, -0.05) is 19.3 Å². The molecule has 1 aliphatic heterocycles. The lowest BCUT2D eigenvalue weighted by molar-refractivity contribution is -0.121. The second-order valence-corrected chi connectivity index (χ2v) is 8.12. The van der Waals surface area contributed by atoms with Crippen LogP contribution in [0.25, 0.3) is 5.65 Å². The standard InChI is InChI=1S/C22H25N5O/c1-14-7-8-27-19(9-14)26-18-13-23-20(28)10-17(21(18)27)16-11-24-22(25-12-16)15-5-3-2-4-6-15/h7-9,11-12,15,17H,2-6,10,13H2,1H3,(H,23,28). The van der Waals surface area contributed by atoms with Crippen molar-refractivity contribution < 1.29 is 4.79 Å². The number of hydrogen-bond donors (Lipinski definition) is 1. The number of nitrogens with zero attached hydrogens (tertiary/aromatic N) is 4. The first kappa shape index (κ1) is 17.3. The lowest BCUT2D eigenvalue weighted by Gasteiger charge is -2.21. The van der Waals surface area contributed by atoms with Gasteiger partial charge in [-0.2, -0.15) is 0 Å². The van der Waals surface area contributed by atoms with Gasteiger partial charge in [-0.3, -0.25) is 4.79 Å². The number of rotatable bonds is 2. The van der Waals surface area contributed by atoms with E-state index in [2.05, 4.69) is 35.0 Å². The Kier molecular flexibility index (Phi) is 4.34. The quantitative estimate of drug-likeness (QED) is 0.742. The van der Waals surface area contributed by atoms with Crippen LogP contribution < -0.4 is 5.32 Å². The molecule has 1 fully saturated rings. The average Bonchev–Trinajstić information content (AvgIpc) is 3.00. The molecule has 1 atom stereocenters. The lowest BCUT2D eigenvalue weighted by atomic mass is 9.88. The van der Waals surface area contributed by atoms with Crippen LogP contribution >= 0.6 is 0 Å². The summed E-state index contributed by atoms with van der Waals surface area (Å²) in [6, 6.07) is 4.16. The van der Waals surface area contributed by atoms with Crippen molar-refractivity contribution in [3.63, 3.8) is 0 Å². The number of imidazole rings is 1. The number of hydrogen-bond acceptors (Lipinski definition) is 4. The number of amides is 1. The second kappa shape index (κ2) is 7.00. The van der Waals surface area contributed by atoms with Gasteiger partial charge in [-0.15, -0.1) is 0 Å². The molecule has 0 radical (unpaired) electrons. The zero-order valence-electron chi connectivity index (χ0n) is 16.2. The molecular formula is C22H25N5O. The van der Waals surface area contributed by atoms with Crippen LogP contribution in [-0.4, -0.2) is 25.3 Å². The van der Waals surface area contributed by atoms with Crippen molar-refractivity contribution in [1.82, 2.24) is 24.7 Å². The van der Waals surface area contributed by atoms with E-state index in [0.29, 0.717) is 18.9 Å². The highest BCUT2D eigenvalue weighted by Gasteiger charge is 2.29. The van der Waals surface area contributed by atoms with Gasteiger partial charge in [-0.05, 0) is 43.0 Å². The van der Waals surface area contributed by atoms with E-state index in [9.17, 15) is 4.79 Å². The monoisotopic (exact) mass is 375 g/mol. The van der Waals surface area contributed by atoms with Crippen LogP contribution in [-0.2, 0) is 11.3 Å². The number of nitrogens with one attached hydrogen (secondary N) is 1. The highest BCUT2D eigenvalue weighted by Crippen LogP contribution is 2.34. The third kappa shape index (κ3) is 3.07. The van der Waals surface area contributed by atoms with Crippen LogP contribution in [0.2, 0.25) is 0 Å². The zero-order valence-corrected chi connectivity index (χ0v) is 16.2. The fraction of sp³-hybridized carbons (Fsp3) is 0.455. The van der Waals surface area contributed by atoms with E-state index < -0.39 is 0 Å². The molecule has 4 heterocycles. The highest BCUT2D eigenvalue weighted by atomic mass is 16.1. The molecule has 6 nitrogen and oxygen atoms in total. The van der Waals surface area contributed by atoms with Crippen molar-refractivity contribution in [3.8, 4) is 0 Å². The van der Waals surface area contributed by atoms with E-state index >= 15 is 0 Å². The predicted octanol–water partition coefficient (Wildman–Crippen LogP) is 3.63. The number of aryl methyl sites for hydroxylation is 1. The highest BCUT2D eigenvalue weighted by molar-refractivity contribution is 5.78. The topological polar surface area (TPSA) is 72.2 Å². The summed E-state index contributed by atoms with van der Waals surface area (Å²) in [4.78, 5) is 26.6. The second-order valence-electron chi connectivity index (χ2n) is 8.12. The fourth-order valence-electron chi connectivity index (χ4n) is 4.63. The number of pyridine rings is 1. The fourth-order valence-corrected chi connectivity index (χ4v) is 4.63. The minimum atomic E-state index is -0.0874. The summed E-state index contributed by atoms with van der Waals surface area (Å²) in [6.45, 7) is 2.53. The van der Waals surface area contributed by atoms with Crippen molar-refractivity contribution in [2.75, 3.05) is 0 Å². The van der Waals surface area contributed by atoms with Crippen molar-refractivity contribution >= 4 is 11.6 Å². The van der Waals surface area contributed by atoms with Crippen LogP contribution in [0, 0.1) is 6.92 Å². The molecule has 3 aromatic heterocycles. The smallest absolute Gasteiger partial charge is 0.221 e. The first-order chi connectivity index (χ1) is 13.7. The minimum absolute atomic E-state index is 0.0419. The molecule has 144 valence electrons. The Morgan fingerprint density at radius 2 is 1.93 bits per heavy atom. The Labute approximate surface area is 164 Å². The summed E-state index contributed by atoms with van der Waals surface area (Å²) in [5.41, 5.74) is 5.08. The number of aromatic nitrogens is 4. The number of fused-ring (bicyclic) bond motifs is 3. The maximum atomic E-state index is 12.3. The number of carbonyl (C=O) groups is 1. The molecule has 1 unspecified atom stereocenters. The molecule has 2 aliphatic rings. The lowest BCUT2D eigenvalue weighted by Crippen LogP contribution is -2.21. The maximum absolute atomic E-state index is 12.3. The first-order valence-corrected chi connectivity index (χ1v) is 10.2. The molecule has 5 rings (SSSR count). The minimum Gasteiger partial charge on any atom is -0.350 e. The van der Waals surface area contributed by atoms with Crippen LogP contribution in [0.1, 0.15) is 78.7 Å². The molecule has 1 aliphatic carbocycles. The average molecular weight is 375 g/mol. The van der Waals surface area contributed by atoms with Gasteiger partial charge in [0.15, 0.2) is 0 Å². The summed E-state index contributed by atoms with van der Waals surface area (Å²) < 4.78 is 2.11. The van der Waals surface area contributed by atoms with Gasteiger partial charge in [0.05, 0.1) is 17.9 Å². The molecule has 6 heteroatoms. The van der Waals surface area contributed by atoms with Gasteiger partial charge in [0.2, 0.25) is 5.91 Å². The molecule has 3 aromatic rings. The largest absolute Gasteiger partial charge is 0.350 e. The zero-order chi connectivity index (χ0) is 19.1. The van der Waals surface area contributed by atoms with Crippen LogP contribution in [0.3, 0.4) is 0 Å². The molecule has 28 heavy (non-hydrogen) atoms.